The molecule has 2 aliphatic carbocycles. The molecule has 0 spiro atoms. The lowest BCUT2D eigenvalue weighted by atomic mass is 9.87. The van der Waals surface area contributed by atoms with Gasteiger partial charge in [-0.05, 0) is 40.6 Å². The summed E-state index contributed by atoms with van der Waals surface area (Å²) in [6.07, 6.45) is 4.49. The number of nitrogens with zero attached hydrogens (tertiary/aromatic N) is 1. The molecule has 150 valence electrons. The van der Waals surface area contributed by atoms with Gasteiger partial charge < -0.3 is 0 Å². The van der Waals surface area contributed by atoms with Gasteiger partial charge in [-0.15, -0.1) is 11.8 Å². The highest BCUT2D eigenvalue weighted by Gasteiger charge is 2.51. The third kappa shape index (κ3) is 3.20. The van der Waals surface area contributed by atoms with Crippen molar-refractivity contribution in [2.24, 2.45) is 0 Å². The highest BCUT2D eigenvalue weighted by atomic mass is 32.2. The van der Waals surface area contributed by atoms with Crippen LogP contribution < -0.4 is 4.31 Å². The van der Waals surface area contributed by atoms with E-state index >= 15 is 0 Å². The monoisotopic (exact) mass is 435 g/mol. The topological polar surface area (TPSA) is 37.4 Å². The number of fused-ring (bicyclic) bond motifs is 2. The fourth-order valence-corrected chi connectivity index (χ4v) is 5.15. The Kier molecular flexibility index (Phi) is 4.86. The maximum atomic E-state index is 13.2. The molecule has 0 saturated carbocycles. The molecule has 0 radical (unpaired) electrons. The molecule has 1 aromatic carbocycles. The van der Waals surface area contributed by atoms with Gasteiger partial charge in [-0.25, -0.2) is 4.31 Å². The molecule has 0 bridgehead atoms. The van der Waals surface area contributed by atoms with Crippen LogP contribution in [0.15, 0.2) is 77.8 Å². The second-order valence-electron chi connectivity index (χ2n) is 6.53. The van der Waals surface area contributed by atoms with Crippen molar-refractivity contribution in [2.75, 3.05) is 10.6 Å². The van der Waals surface area contributed by atoms with E-state index in [1.165, 1.54) is 18.2 Å². The molecule has 0 fully saturated rings. The van der Waals surface area contributed by atoms with E-state index < -0.39 is 15.5 Å². The van der Waals surface area contributed by atoms with Crippen molar-refractivity contribution in [2.45, 2.75) is 16.3 Å². The molecule has 0 N–H and O–H groups in total. The second kappa shape index (κ2) is 7.11. The van der Waals surface area contributed by atoms with Gasteiger partial charge in [-0.2, -0.15) is 21.6 Å². The van der Waals surface area contributed by atoms with Crippen molar-refractivity contribution in [1.29, 1.82) is 0 Å². The molecule has 0 saturated heterocycles. The summed E-state index contributed by atoms with van der Waals surface area (Å²) in [6, 6.07) is 18.1. The molecule has 8 heteroatoms. The fourth-order valence-electron chi connectivity index (χ4n) is 3.63. The number of rotatable bonds is 3. The molecule has 0 aromatic heterocycles. The molecule has 1 heterocycles. The molecular weight excluding hydrogens is 419 g/mol. The smallest absolute Gasteiger partial charge is 0.238 e. The van der Waals surface area contributed by atoms with E-state index in [4.69, 9.17) is 0 Å². The van der Waals surface area contributed by atoms with Gasteiger partial charge >= 0.3 is 15.5 Å². The van der Waals surface area contributed by atoms with Gasteiger partial charge in [-0.3, -0.25) is 0 Å². The number of thioether (sulfide) groups is 1. The van der Waals surface area contributed by atoms with Crippen LogP contribution in [0.25, 0.3) is 11.1 Å². The number of hydrogen-bond donors (Lipinski definition) is 0. The number of para-hydroxylation sites is 1. The molecule has 1 atom stereocenters. The molecule has 4 rings (SSSR count). The summed E-state index contributed by atoms with van der Waals surface area (Å²) >= 11 is 1.59. The van der Waals surface area contributed by atoms with Crippen LogP contribution in [-0.2, 0) is 10.0 Å². The number of halogens is 3. The Balaban J connectivity index is 1.90. The predicted molar refractivity (Wildman–Crippen MR) is 110 cm³/mol. The number of allylic oxidation sites excluding steroid dienone is 1. The third-order valence-corrected chi connectivity index (χ3v) is 7.13. The van der Waals surface area contributed by atoms with Gasteiger partial charge in [-0.1, -0.05) is 54.6 Å². The summed E-state index contributed by atoms with van der Waals surface area (Å²) in [5.74, 6) is -0.364. The zero-order valence-electron chi connectivity index (χ0n) is 15.2. The van der Waals surface area contributed by atoms with Gasteiger partial charge in [0, 0.05) is 17.0 Å². The lowest BCUT2D eigenvalue weighted by molar-refractivity contribution is -0.0436. The maximum absolute atomic E-state index is 13.2. The lowest BCUT2D eigenvalue weighted by Crippen LogP contribution is -2.39. The molecular formula is C21H16F3NO2S2. The Morgan fingerprint density at radius 1 is 0.931 bits per heavy atom. The molecule has 3 aliphatic rings. The van der Waals surface area contributed by atoms with E-state index in [1.54, 1.807) is 23.9 Å². The number of alkyl halides is 3. The zero-order chi connectivity index (χ0) is 20.8. The highest BCUT2D eigenvalue weighted by Crippen LogP contribution is 2.47. The predicted octanol–water partition coefficient (Wildman–Crippen LogP) is 5.83. The SMILES string of the molecule is CSc1cc(C2C=CN(S(=O)(=O)C(F)(F)F)c3ccccc32)c2cccccc1-2. The first-order valence-electron chi connectivity index (χ1n) is 8.69. The van der Waals surface area contributed by atoms with Crippen LogP contribution in [0.1, 0.15) is 17.0 Å². The van der Waals surface area contributed by atoms with Crippen LogP contribution >= 0.6 is 11.8 Å². The van der Waals surface area contributed by atoms with Gasteiger partial charge in [0.25, 0.3) is 0 Å². The Labute approximate surface area is 171 Å². The minimum Gasteiger partial charge on any atom is -0.238 e. The number of sulfonamides is 1. The van der Waals surface area contributed by atoms with E-state index in [-0.39, 0.29) is 11.6 Å². The average Bonchev–Trinajstić information content (AvgIpc) is 2.85. The molecule has 3 nitrogen and oxygen atoms in total. The molecule has 1 aromatic rings. The van der Waals surface area contributed by atoms with Crippen LogP contribution in [-0.4, -0.2) is 20.2 Å². The quantitative estimate of drug-likeness (QED) is 0.486. The van der Waals surface area contributed by atoms with Crippen LogP contribution in [0.3, 0.4) is 0 Å². The Hall–Kier alpha value is -2.45. The lowest BCUT2D eigenvalue weighted by Gasteiger charge is -2.30. The van der Waals surface area contributed by atoms with Gasteiger partial charge in [0.15, 0.2) is 0 Å². The Morgan fingerprint density at radius 2 is 1.59 bits per heavy atom. The highest BCUT2D eigenvalue weighted by molar-refractivity contribution is 7.98. The number of anilines is 1. The van der Waals surface area contributed by atoms with E-state index in [0.29, 0.717) is 9.87 Å². The van der Waals surface area contributed by atoms with E-state index in [1.807, 2.05) is 42.7 Å². The van der Waals surface area contributed by atoms with E-state index in [2.05, 4.69) is 0 Å². The maximum Gasteiger partial charge on any atom is 0.517 e. The van der Waals surface area contributed by atoms with E-state index in [9.17, 15) is 21.6 Å². The average molecular weight is 435 g/mol. The van der Waals surface area contributed by atoms with Crippen LogP contribution in [0, 0.1) is 0 Å². The van der Waals surface area contributed by atoms with Crippen molar-refractivity contribution >= 4 is 27.5 Å². The summed E-state index contributed by atoms with van der Waals surface area (Å²) < 4.78 is 63.9. The van der Waals surface area contributed by atoms with Gasteiger partial charge in [0.1, 0.15) is 0 Å². The van der Waals surface area contributed by atoms with Gasteiger partial charge in [0.2, 0.25) is 0 Å². The standard InChI is InChI=1S/C21H16F3NO2S2/c1-28-20-13-18(14-7-3-2-4-9-17(14)20)15-11-12-25(29(26,27)21(22,23)24)19-10-6-5-8-16(15)19/h2-13,15H,1H3. The fraction of sp³-hybridized carbons (Fsp3) is 0.143. The summed E-state index contributed by atoms with van der Waals surface area (Å²) in [4.78, 5) is 1.06. The minimum atomic E-state index is -5.53. The normalized spacial score (nSPS) is 16.8. The van der Waals surface area contributed by atoms with Crippen molar-refractivity contribution in [3.8, 4) is 11.1 Å². The Bertz CT molecular complexity index is 1170. The zero-order valence-corrected chi connectivity index (χ0v) is 16.9. The van der Waals surface area contributed by atoms with Crippen LogP contribution in [0.2, 0.25) is 0 Å². The first-order valence-corrected chi connectivity index (χ1v) is 11.4. The summed E-state index contributed by atoms with van der Waals surface area (Å²) in [5.41, 5.74) is -1.91. The third-order valence-electron chi connectivity index (χ3n) is 4.93. The largest absolute Gasteiger partial charge is 0.517 e. The van der Waals surface area contributed by atoms with Crippen LogP contribution in [0.5, 0.6) is 0 Å². The molecule has 29 heavy (non-hydrogen) atoms. The molecule has 0 amide bonds. The van der Waals surface area contributed by atoms with Crippen molar-refractivity contribution < 1.29 is 21.6 Å². The van der Waals surface area contributed by atoms with Crippen molar-refractivity contribution in [3.63, 3.8) is 0 Å². The van der Waals surface area contributed by atoms with Gasteiger partial charge in [0.05, 0.1) is 5.69 Å². The summed E-state index contributed by atoms with van der Waals surface area (Å²) in [5, 5.41) is 0. The second-order valence-corrected chi connectivity index (χ2v) is 9.19. The van der Waals surface area contributed by atoms with E-state index in [0.717, 1.165) is 27.8 Å². The van der Waals surface area contributed by atoms with Crippen molar-refractivity contribution in [3.05, 3.63) is 84.1 Å². The summed E-state index contributed by atoms with van der Waals surface area (Å²) in [6.45, 7) is 0. The molecule has 1 aliphatic heterocycles. The molecule has 1 unspecified atom stereocenters. The Morgan fingerprint density at radius 3 is 2.28 bits per heavy atom. The van der Waals surface area contributed by atoms with Crippen molar-refractivity contribution in [1.82, 2.24) is 0 Å². The number of hydrogen-bond acceptors (Lipinski definition) is 3. The summed E-state index contributed by atoms with van der Waals surface area (Å²) in [7, 11) is -5.53. The van der Waals surface area contributed by atoms with Crippen LogP contribution in [0.4, 0.5) is 18.9 Å². The first-order chi connectivity index (χ1) is 13.8. The first kappa shape index (κ1) is 19.8. The number of benzene rings is 1. The minimum absolute atomic E-state index is 0.0117.